The summed E-state index contributed by atoms with van der Waals surface area (Å²) in [6.45, 7) is 3.02. The number of hydrogen-bond donors (Lipinski definition) is 1. The molecule has 0 aromatic heterocycles. The minimum absolute atomic E-state index is 0.0666. The first-order chi connectivity index (χ1) is 11.3. The smallest absolute Gasteiger partial charge is 0.294 e. The summed E-state index contributed by atoms with van der Waals surface area (Å²) in [4.78, 5) is 3.54. The number of benzene rings is 2. The topological polar surface area (TPSA) is 57.6 Å². The highest BCUT2D eigenvalue weighted by Gasteiger charge is 2.06. The maximum absolute atomic E-state index is 10.5. The molecule has 0 radical (unpaired) electrons. The molecule has 0 spiro atoms. The first kappa shape index (κ1) is 20.7. The maximum atomic E-state index is 10.5. The molecule has 0 amide bonds. The molecule has 0 heterocycles. The van der Waals surface area contributed by atoms with Gasteiger partial charge in [0.1, 0.15) is 0 Å². The van der Waals surface area contributed by atoms with E-state index in [0.717, 1.165) is 5.56 Å². The van der Waals surface area contributed by atoms with Crippen LogP contribution in [-0.4, -0.2) is 44.3 Å². The number of thioether (sulfide) groups is 1. The van der Waals surface area contributed by atoms with E-state index in [1.54, 1.807) is 12.1 Å². The van der Waals surface area contributed by atoms with Crippen molar-refractivity contribution in [3.05, 3.63) is 60.2 Å². The van der Waals surface area contributed by atoms with Gasteiger partial charge in [-0.3, -0.25) is 4.55 Å². The van der Waals surface area contributed by atoms with E-state index in [1.165, 1.54) is 35.7 Å². The Labute approximate surface area is 149 Å². The van der Waals surface area contributed by atoms with Crippen molar-refractivity contribution in [1.29, 1.82) is 0 Å². The molecule has 0 aliphatic heterocycles. The Bertz CT molecular complexity index is 684. The predicted octanol–water partition coefficient (Wildman–Crippen LogP) is 3.97. The van der Waals surface area contributed by atoms with E-state index < -0.39 is 10.1 Å². The molecule has 1 N–H and O–H groups in total. The Morgan fingerprint density at radius 3 is 2.08 bits per heavy atom. The second kappa shape index (κ2) is 10.5. The molecule has 0 saturated heterocycles. The maximum Gasteiger partial charge on any atom is 0.294 e. The second-order valence-electron chi connectivity index (χ2n) is 5.61. The zero-order valence-corrected chi connectivity index (χ0v) is 16.0. The molecule has 2 aromatic rings. The van der Waals surface area contributed by atoms with E-state index in [0.29, 0.717) is 0 Å². The summed E-state index contributed by atoms with van der Waals surface area (Å²) < 4.78 is 29.6. The van der Waals surface area contributed by atoms with Crippen molar-refractivity contribution in [1.82, 2.24) is 4.90 Å². The zero-order chi connectivity index (χ0) is 18.0. The molecule has 0 saturated carbocycles. The lowest BCUT2D eigenvalue weighted by Gasteiger charge is -2.08. The van der Waals surface area contributed by atoms with E-state index in [2.05, 4.69) is 49.3 Å². The van der Waals surface area contributed by atoms with E-state index in [4.69, 9.17) is 4.55 Å². The molecule has 0 unspecified atom stereocenters. The highest BCUT2D eigenvalue weighted by molar-refractivity contribution is 7.99. The van der Waals surface area contributed by atoms with E-state index in [1.807, 2.05) is 18.7 Å². The van der Waals surface area contributed by atoms with Crippen molar-refractivity contribution < 1.29 is 13.0 Å². The van der Waals surface area contributed by atoms with Crippen LogP contribution in [0.15, 0.2) is 64.4 Å². The highest BCUT2D eigenvalue weighted by Crippen LogP contribution is 2.17. The summed E-state index contributed by atoms with van der Waals surface area (Å²) in [5.74, 6) is 1.21. The molecule has 0 aliphatic rings. The minimum atomic E-state index is -4.02. The van der Waals surface area contributed by atoms with Crippen LogP contribution >= 0.6 is 11.8 Å². The Hall–Kier alpha value is -1.34. The van der Waals surface area contributed by atoms with E-state index in [9.17, 15) is 8.42 Å². The summed E-state index contributed by atoms with van der Waals surface area (Å²) in [7, 11) is 0.217. The van der Waals surface area contributed by atoms with Gasteiger partial charge in [-0.25, -0.2) is 0 Å². The van der Waals surface area contributed by atoms with E-state index >= 15 is 0 Å². The van der Waals surface area contributed by atoms with Gasteiger partial charge in [0.05, 0.1) is 4.90 Å². The van der Waals surface area contributed by atoms with Gasteiger partial charge in [-0.2, -0.15) is 8.42 Å². The quantitative estimate of drug-likeness (QED) is 0.475. The molecule has 0 aliphatic carbocycles. The summed E-state index contributed by atoms with van der Waals surface area (Å²) in [6.07, 6.45) is 1.26. The lowest BCUT2D eigenvalue weighted by Crippen LogP contribution is -2.13. The molecular weight excluding hydrogens is 342 g/mol. The molecule has 0 atom stereocenters. The zero-order valence-electron chi connectivity index (χ0n) is 14.3. The highest BCUT2D eigenvalue weighted by atomic mass is 32.2. The average molecular weight is 368 g/mol. The van der Waals surface area contributed by atoms with Crippen molar-refractivity contribution >= 4 is 21.9 Å². The molecule has 2 aromatic carbocycles. The molecule has 0 fully saturated rings. The molecule has 24 heavy (non-hydrogen) atoms. The van der Waals surface area contributed by atoms with Crippen LogP contribution in [0.2, 0.25) is 0 Å². The normalized spacial score (nSPS) is 11.0. The van der Waals surface area contributed by atoms with Crippen LogP contribution in [0, 0.1) is 6.92 Å². The van der Waals surface area contributed by atoms with Crippen molar-refractivity contribution in [3.8, 4) is 0 Å². The fourth-order valence-electron chi connectivity index (χ4n) is 1.80. The van der Waals surface area contributed by atoms with Crippen LogP contribution < -0.4 is 0 Å². The second-order valence-corrected chi connectivity index (χ2v) is 8.20. The third-order valence-electron chi connectivity index (χ3n) is 3.08. The summed E-state index contributed by atoms with van der Waals surface area (Å²) in [5.41, 5.74) is 0.956. The number of nitrogens with zero attached hydrogens (tertiary/aromatic N) is 1. The van der Waals surface area contributed by atoms with Gasteiger partial charge in [0.25, 0.3) is 10.1 Å². The van der Waals surface area contributed by atoms with Gasteiger partial charge in [-0.1, -0.05) is 35.9 Å². The fraction of sp³-hybridized carbons (Fsp3) is 0.333. The Morgan fingerprint density at radius 1 is 1.00 bits per heavy atom. The third kappa shape index (κ3) is 9.08. The van der Waals surface area contributed by atoms with Gasteiger partial charge >= 0.3 is 0 Å². The van der Waals surface area contributed by atoms with Crippen LogP contribution in [-0.2, 0) is 10.1 Å². The largest absolute Gasteiger partial charge is 0.309 e. The monoisotopic (exact) mass is 367 g/mol. The molecule has 132 valence electrons. The van der Waals surface area contributed by atoms with Gasteiger partial charge in [-0.15, -0.1) is 11.8 Å². The van der Waals surface area contributed by atoms with Gasteiger partial charge in [0, 0.05) is 4.90 Å². The Balaban J connectivity index is 0.000000243. The molecule has 6 heteroatoms. The molecule has 4 nitrogen and oxygen atoms in total. The third-order valence-corrected chi connectivity index (χ3v) is 5.05. The molecule has 0 bridgehead atoms. The lowest BCUT2D eigenvalue weighted by atomic mass is 10.2. The Kier molecular flexibility index (Phi) is 9.07. The van der Waals surface area contributed by atoms with Crippen LogP contribution in [0.4, 0.5) is 0 Å². The van der Waals surface area contributed by atoms with Crippen LogP contribution in [0.25, 0.3) is 0 Å². The SMILES string of the molecule is CN(C)CCCSc1ccccc1.Cc1ccc(S(=O)(=O)O)cc1. The summed E-state index contributed by atoms with van der Waals surface area (Å²) in [6, 6.07) is 16.6. The summed E-state index contributed by atoms with van der Waals surface area (Å²) >= 11 is 1.94. The average Bonchev–Trinajstić information content (AvgIpc) is 2.53. The predicted molar refractivity (Wildman–Crippen MR) is 101 cm³/mol. The number of hydrogen-bond acceptors (Lipinski definition) is 4. The fourth-order valence-corrected chi connectivity index (χ4v) is 3.14. The molecular formula is C18H25NO3S2. The van der Waals surface area contributed by atoms with Gasteiger partial charge in [0.15, 0.2) is 0 Å². The van der Waals surface area contributed by atoms with Crippen LogP contribution in [0.5, 0.6) is 0 Å². The minimum Gasteiger partial charge on any atom is -0.309 e. The first-order valence-corrected chi connectivity index (χ1v) is 10.1. The van der Waals surface area contributed by atoms with Crippen molar-refractivity contribution in [2.45, 2.75) is 23.1 Å². The van der Waals surface area contributed by atoms with Crippen LogP contribution in [0.3, 0.4) is 0 Å². The summed E-state index contributed by atoms with van der Waals surface area (Å²) in [5, 5.41) is 0. The van der Waals surface area contributed by atoms with Gasteiger partial charge < -0.3 is 4.90 Å². The first-order valence-electron chi connectivity index (χ1n) is 7.66. The van der Waals surface area contributed by atoms with Crippen molar-refractivity contribution in [2.24, 2.45) is 0 Å². The van der Waals surface area contributed by atoms with Crippen molar-refractivity contribution in [2.75, 3.05) is 26.4 Å². The van der Waals surface area contributed by atoms with Crippen molar-refractivity contribution in [3.63, 3.8) is 0 Å². The van der Waals surface area contributed by atoms with Crippen LogP contribution in [0.1, 0.15) is 12.0 Å². The molecule has 2 rings (SSSR count). The van der Waals surface area contributed by atoms with Gasteiger partial charge in [0.2, 0.25) is 0 Å². The lowest BCUT2D eigenvalue weighted by molar-refractivity contribution is 0.410. The Morgan fingerprint density at radius 2 is 1.58 bits per heavy atom. The number of aryl methyl sites for hydroxylation is 1. The van der Waals surface area contributed by atoms with Gasteiger partial charge in [-0.05, 0) is 64.0 Å². The standard InChI is InChI=1S/C11H17NS.C7H8O3S/c1-12(2)9-6-10-13-11-7-4-3-5-8-11;1-6-2-4-7(5-3-6)11(8,9)10/h3-5,7-8H,6,9-10H2,1-2H3;2-5H,1H3,(H,8,9,10). The van der Waals surface area contributed by atoms with E-state index in [-0.39, 0.29) is 4.90 Å². The number of rotatable bonds is 6.